The second-order valence-electron chi connectivity index (χ2n) is 7.95. The maximum Gasteiger partial charge on any atom is 0.224 e. The van der Waals surface area contributed by atoms with Gasteiger partial charge in [0.15, 0.2) is 0 Å². The van der Waals surface area contributed by atoms with Gasteiger partial charge in [0, 0.05) is 44.9 Å². The fraction of sp³-hybridized carbons (Fsp3) is 0.619. The molecule has 1 fully saturated rings. The fourth-order valence-electron chi connectivity index (χ4n) is 4.50. The Morgan fingerprint density at radius 3 is 2.69 bits per heavy atom. The summed E-state index contributed by atoms with van der Waals surface area (Å²) in [6.07, 6.45) is 3.75. The van der Waals surface area contributed by atoms with Gasteiger partial charge in [0.05, 0.1) is 0 Å². The highest BCUT2D eigenvalue weighted by Crippen LogP contribution is 2.38. The normalized spacial score (nSPS) is 22.9. The number of hydrogen-bond acceptors (Lipinski definition) is 3. The van der Waals surface area contributed by atoms with Crippen LogP contribution in [0.15, 0.2) is 24.3 Å². The molecule has 1 unspecified atom stereocenters. The maximum absolute atomic E-state index is 12.9. The third-order valence-electron chi connectivity index (χ3n) is 5.69. The minimum atomic E-state index is -0.0820. The summed E-state index contributed by atoms with van der Waals surface area (Å²) in [6, 6.07) is 8.56. The van der Waals surface area contributed by atoms with Crippen molar-refractivity contribution in [2.24, 2.45) is 5.41 Å². The highest BCUT2D eigenvalue weighted by molar-refractivity contribution is 5.78. The van der Waals surface area contributed by atoms with Crippen LogP contribution in [0.2, 0.25) is 0 Å². The minimum Gasteiger partial charge on any atom is -0.356 e. The van der Waals surface area contributed by atoms with Gasteiger partial charge in [-0.15, -0.1) is 0 Å². The molecule has 1 atom stereocenters. The van der Waals surface area contributed by atoms with Crippen LogP contribution in [-0.4, -0.2) is 54.3 Å². The molecule has 1 spiro atoms. The van der Waals surface area contributed by atoms with Crippen molar-refractivity contribution in [2.45, 2.75) is 46.1 Å². The van der Waals surface area contributed by atoms with Crippen molar-refractivity contribution in [3.8, 4) is 0 Å². The minimum absolute atomic E-state index is 0.0820. The number of amides is 2. The summed E-state index contributed by atoms with van der Waals surface area (Å²) < 4.78 is 0. The van der Waals surface area contributed by atoms with Crippen LogP contribution in [0, 0.1) is 5.41 Å². The van der Waals surface area contributed by atoms with E-state index in [4.69, 9.17) is 0 Å². The molecule has 0 radical (unpaired) electrons. The van der Waals surface area contributed by atoms with Crippen LogP contribution in [0.4, 0.5) is 0 Å². The summed E-state index contributed by atoms with van der Waals surface area (Å²) >= 11 is 0. The van der Waals surface area contributed by atoms with E-state index in [0.717, 1.165) is 39.0 Å². The lowest BCUT2D eigenvalue weighted by molar-refractivity contribution is -0.133. The molecular formula is C21H31N3O2. The number of benzene rings is 1. The van der Waals surface area contributed by atoms with E-state index in [1.54, 1.807) is 0 Å². The largest absolute Gasteiger partial charge is 0.356 e. The second-order valence-corrected chi connectivity index (χ2v) is 7.95. The number of likely N-dealkylation sites (tertiary alicyclic amines) is 1. The molecule has 1 aromatic carbocycles. The lowest BCUT2D eigenvalue weighted by atomic mass is 9.80. The predicted octanol–water partition coefficient (Wildman–Crippen LogP) is 2.20. The van der Waals surface area contributed by atoms with E-state index >= 15 is 0 Å². The van der Waals surface area contributed by atoms with Gasteiger partial charge in [0.25, 0.3) is 0 Å². The Balaban J connectivity index is 1.77. The number of fused-ring (bicyclic) bond motifs is 1. The molecule has 0 aliphatic carbocycles. The monoisotopic (exact) mass is 357 g/mol. The third kappa shape index (κ3) is 4.44. The van der Waals surface area contributed by atoms with Gasteiger partial charge in [0.2, 0.25) is 11.8 Å². The molecule has 5 nitrogen and oxygen atoms in total. The van der Waals surface area contributed by atoms with Gasteiger partial charge >= 0.3 is 0 Å². The topological polar surface area (TPSA) is 52.6 Å². The van der Waals surface area contributed by atoms with Crippen molar-refractivity contribution in [2.75, 3.05) is 32.7 Å². The van der Waals surface area contributed by atoms with Gasteiger partial charge in [-0.05, 0) is 43.5 Å². The lowest BCUT2D eigenvalue weighted by Gasteiger charge is -2.33. The summed E-state index contributed by atoms with van der Waals surface area (Å²) in [6.45, 7) is 8.98. The quantitative estimate of drug-likeness (QED) is 0.879. The number of carbonyl (C=O) groups is 2. The molecule has 1 saturated heterocycles. The molecule has 142 valence electrons. The Morgan fingerprint density at radius 2 is 1.96 bits per heavy atom. The van der Waals surface area contributed by atoms with E-state index < -0.39 is 0 Å². The molecule has 5 heteroatoms. The average molecular weight is 357 g/mol. The number of nitrogens with one attached hydrogen (secondary N) is 1. The van der Waals surface area contributed by atoms with Gasteiger partial charge in [-0.25, -0.2) is 0 Å². The van der Waals surface area contributed by atoms with Crippen molar-refractivity contribution >= 4 is 11.8 Å². The molecule has 0 bridgehead atoms. The molecule has 1 aromatic rings. The number of rotatable bonds is 5. The van der Waals surface area contributed by atoms with Gasteiger partial charge < -0.3 is 15.1 Å². The fourth-order valence-corrected chi connectivity index (χ4v) is 4.50. The highest BCUT2D eigenvalue weighted by Gasteiger charge is 2.42. The zero-order valence-corrected chi connectivity index (χ0v) is 16.1. The molecule has 1 N–H and O–H groups in total. The molecule has 3 rings (SSSR count). The molecule has 2 amide bonds. The number of nitrogens with zero attached hydrogens (tertiary/aromatic N) is 2. The van der Waals surface area contributed by atoms with E-state index in [1.807, 2.05) is 4.90 Å². The predicted molar refractivity (Wildman–Crippen MR) is 103 cm³/mol. The first kappa shape index (κ1) is 18.9. The van der Waals surface area contributed by atoms with E-state index in [-0.39, 0.29) is 17.2 Å². The Hall–Kier alpha value is -1.88. The third-order valence-corrected chi connectivity index (χ3v) is 5.69. The Morgan fingerprint density at radius 1 is 1.19 bits per heavy atom. The van der Waals surface area contributed by atoms with Gasteiger partial charge in [-0.3, -0.25) is 9.59 Å². The van der Waals surface area contributed by atoms with Crippen LogP contribution in [0.25, 0.3) is 0 Å². The van der Waals surface area contributed by atoms with Crippen LogP contribution in [0.3, 0.4) is 0 Å². The first-order chi connectivity index (χ1) is 12.5. The summed E-state index contributed by atoms with van der Waals surface area (Å²) in [5.74, 6) is 0.0604. The summed E-state index contributed by atoms with van der Waals surface area (Å²) in [5, 5.41) is 2.74. The smallest absolute Gasteiger partial charge is 0.224 e. The van der Waals surface area contributed by atoms with Gasteiger partial charge in [-0.2, -0.15) is 0 Å². The Bertz CT molecular complexity index is 660. The molecule has 2 aliphatic rings. The van der Waals surface area contributed by atoms with Crippen LogP contribution in [-0.2, 0) is 22.6 Å². The van der Waals surface area contributed by atoms with Gasteiger partial charge in [-0.1, -0.05) is 31.2 Å². The molecule has 0 saturated carbocycles. The first-order valence-electron chi connectivity index (χ1n) is 9.83. The summed E-state index contributed by atoms with van der Waals surface area (Å²) in [4.78, 5) is 28.5. The SMILES string of the molecule is CCCN1CCC2(Cc3ccccc3CN(C(=O)CCNC(C)=O)C2)C1. The number of carbonyl (C=O) groups excluding carboxylic acids is 2. The van der Waals surface area contributed by atoms with Crippen molar-refractivity contribution < 1.29 is 9.59 Å². The molecule has 2 heterocycles. The molecule has 2 aliphatic heterocycles. The van der Waals surface area contributed by atoms with Crippen molar-refractivity contribution in [1.82, 2.24) is 15.1 Å². The first-order valence-corrected chi connectivity index (χ1v) is 9.83. The second kappa shape index (κ2) is 8.21. The summed E-state index contributed by atoms with van der Waals surface area (Å²) in [7, 11) is 0. The zero-order valence-electron chi connectivity index (χ0n) is 16.1. The van der Waals surface area contributed by atoms with Crippen molar-refractivity contribution in [1.29, 1.82) is 0 Å². The Kier molecular flexibility index (Phi) is 5.97. The average Bonchev–Trinajstić information content (AvgIpc) is 2.89. The van der Waals surface area contributed by atoms with E-state index in [2.05, 4.69) is 41.4 Å². The van der Waals surface area contributed by atoms with Crippen LogP contribution in [0.1, 0.15) is 44.2 Å². The van der Waals surface area contributed by atoms with Crippen LogP contribution in [0.5, 0.6) is 0 Å². The van der Waals surface area contributed by atoms with E-state index in [0.29, 0.717) is 19.5 Å². The van der Waals surface area contributed by atoms with Gasteiger partial charge in [0.1, 0.15) is 0 Å². The van der Waals surface area contributed by atoms with E-state index in [9.17, 15) is 9.59 Å². The highest BCUT2D eigenvalue weighted by atomic mass is 16.2. The maximum atomic E-state index is 12.9. The number of hydrogen-bond donors (Lipinski definition) is 1. The van der Waals surface area contributed by atoms with Crippen LogP contribution < -0.4 is 5.32 Å². The van der Waals surface area contributed by atoms with Crippen molar-refractivity contribution in [3.63, 3.8) is 0 Å². The van der Waals surface area contributed by atoms with Crippen LogP contribution >= 0.6 is 0 Å². The van der Waals surface area contributed by atoms with E-state index in [1.165, 1.54) is 24.5 Å². The Labute approximate surface area is 156 Å². The van der Waals surface area contributed by atoms with Crippen molar-refractivity contribution in [3.05, 3.63) is 35.4 Å². The molecule has 26 heavy (non-hydrogen) atoms. The zero-order chi connectivity index (χ0) is 18.6. The molecule has 0 aromatic heterocycles. The summed E-state index contributed by atoms with van der Waals surface area (Å²) in [5.41, 5.74) is 2.82. The molecular weight excluding hydrogens is 326 g/mol. The standard InChI is InChI=1S/C21H31N3O2/c1-3-11-23-12-9-21(15-23)13-18-6-4-5-7-19(18)14-24(16-21)20(26)8-10-22-17(2)25/h4-7H,3,8-16H2,1-2H3,(H,22,25). The lowest BCUT2D eigenvalue weighted by Crippen LogP contribution is -2.42.